The Hall–Kier alpha value is -1.96. The number of halogens is 1. The van der Waals surface area contributed by atoms with Gasteiger partial charge in [0, 0.05) is 6.42 Å². The molecule has 0 saturated carbocycles. The maximum absolute atomic E-state index is 10.6. The van der Waals surface area contributed by atoms with E-state index >= 15 is 0 Å². The van der Waals surface area contributed by atoms with E-state index in [9.17, 15) is 4.79 Å². The van der Waals surface area contributed by atoms with Crippen molar-refractivity contribution in [2.45, 2.75) is 32.1 Å². The molecular formula is C24H26BrO2P. The fourth-order valence-electron chi connectivity index (χ4n) is 3.23. The second kappa shape index (κ2) is 11.8. The third-order valence-corrected chi connectivity index (χ3v) is 6.98. The minimum Gasteiger partial charge on any atom is -0.481 e. The second-order valence-electron chi connectivity index (χ2n) is 6.63. The number of aryl methyl sites for hydroxylation is 1. The summed E-state index contributed by atoms with van der Waals surface area (Å²) < 4.78 is 0. The summed E-state index contributed by atoms with van der Waals surface area (Å²) in [6.45, 7) is 0. The van der Waals surface area contributed by atoms with Crippen molar-refractivity contribution in [1.29, 1.82) is 0 Å². The van der Waals surface area contributed by atoms with Crippen LogP contribution < -0.4 is 15.9 Å². The second-order valence-corrected chi connectivity index (χ2v) is 8.85. The molecule has 146 valence electrons. The largest absolute Gasteiger partial charge is 0.481 e. The Morgan fingerprint density at radius 3 is 1.86 bits per heavy atom. The van der Waals surface area contributed by atoms with Gasteiger partial charge in [0.1, 0.15) is 0 Å². The molecule has 0 aromatic heterocycles. The molecule has 3 aromatic rings. The molecule has 0 radical (unpaired) electrons. The minimum absolute atomic E-state index is 0. The molecule has 3 aromatic carbocycles. The number of hydrogen-bond donors (Lipinski definition) is 1. The Labute approximate surface area is 179 Å². The van der Waals surface area contributed by atoms with E-state index in [1.54, 1.807) is 0 Å². The average molecular weight is 457 g/mol. The van der Waals surface area contributed by atoms with E-state index in [1.807, 2.05) is 0 Å². The lowest BCUT2D eigenvalue weighted by Crippen LogP contribution is -2.20. The molecule has 0 atom stereocenters. The minimum atomic E-state index is -0.701. The number of unbranched alkanes of at least 4 members (excludes halogenated alkanes) is 2. The first-order chi connectivity index (χ1) is 13.2. The van der Waals surface area contributed by atoms with Gasteiger partial charge in [0.25, 0.3) is 0 Å². The lowest BCUT2D eigenvalue weighted by atomic mass is 10.1. The summed E-state index contributed by atoms with van der Waals surface area (Å²) in [7, 11) is -0.570. The van der Waals surface area contributed by atoms with Crippen LogP contribution in [0, 0.1) is 0 Å². The number of hydrogen-bond acceptors (Lipinski definition) is 1. The number of benzene rings is 3. The van der Waals surface area contributed by atoms with Gasteiger partial charge in [-0.15, -0.1) is 17.0 Å². The maximum Gasteiger partial charge on any atom is 0.303 e. The lowest BCUT2D eigenvalue weighted by molar-refractivity contribution is -0.137. The maximum atomic E-state index is 10.6. The molecule has 0 spiro atoms. The average Bonchev–Trinajstić information content (AvgIpc) is 2.70. The third kappa shape index (κ3) is 6.58. The van der Waals surface area contributed by atoms with E-state index in [-0.39, 0.29) is 23.4 Å². The Bertz CT molecular complexity index is 813. The summed E-state index contributed by atoms with van der Waals surface area (Å²) >= 11 is 0. The first-order valence-corrected chi connectivity index (χ1v) is 10.8. The van der Waals surface area contributed by atoms with Crippen LogP contribution in [-0.4, -0.2) is 11.1 Å². The van der Waals surface area contributed by atoms with Gasteiger partial charge in [0.2, 0.25) is 0 Å². The molecule has 0 aliphatic heterocycles. The van der Waals surface area contributed by atoms with E-state index in [1.165, 1.54) is 21.5 Å². The highest BCUT2D eigenvalue weighted by molar-refractivity contribution is 8.93. The molecule has 2 nitrogen and oxygen atoms in total. The van der Waals surface area contributed by atoms with Crippen molar-refractivity contribution in [1.82, 2.24) is 0 Å². The van der Waals surface area contributed by atoms with E-state index < -0.39 is 13.9 Å². The number of rotatable bonds is 9. The van der Waals surface area contributed by atoms with Crippen LogP contribution in [0.5, 0.6) is 0 Å². The van der Waals surface area contributed by atoms with Crippen molar-refractivity contribution in [3.05, 3.63) is 90.5 Å². The molecule has 0 unspecified atom stereocenters. The number of carboxylic acid groups (broad SMARTS) is 1. The summed E-state index contributed by atoms with van der Waals surface area (Å²) in [6, 6.07) is 30.4. The SMILES string of the molecule is Br.O=C(O)CCCCCc1cccc(P(c2ccccc2)c2ccccc2)c1. The lowest BCUT2D eigenvalue weighted by Gasteiger charge is -2.20. The van der Waals surface area contributed by atoms with Crippen LogP contribution >= 0.6 is 24.9 Å². The number of carboxylic acids is 1. The molecule has 0 aliphatic carbocycles. The van der Waals surface area contributed by atoms with E-state index in [2.05, 4.69) is 84.9 Å². The highest BCUT2D eigenvalue weighted by Crippen LogP contribution is 2.32. The van der Waals surface area contributed by atoms with Gasteiger partial charge in [-0.1, -0.05) is 91.3 Å². The van der Waals surface area contributed by atoms with Crippen LogP contribution in [0.15, 0.2) is 84.9 Å². The summed E-state index contributed by atoms with van der Waals surface area (Å²) in [5.74, 6) is -0.701. The van der Waals surface area contributed by atoms with Crippen LogP contribution in [0.3, 0.4) is 0 Å². The van der Waals surface area contributed by atoms with Crippen molar-refractivity contribution in [3.8, 4) is 0 Å². The molecule has 3 rings (SSSR count). The molecule has 1 N–H and O–H groups in total. The Morgan fingerprint density at radius 1 is 0.714 bits per heavy atom. The number of carbonyl (C=O) groups is 1. The van der Waals surface area contributed by atoms with Crippen LogP contribution in [-0.2, 0) is 11.2 Å². The van der Waals surface area contributed by atoms with E-state index in [0.29, 0.717) is 0 Å². The first-order valence-electron chi connectivity index (χ1n) is 9.45. The molecule has 28 heavy (non-hydrogen) atoms. The topological polar surface area (TPSA) is 37.3 Å². The summed E-state index contributed by atoms with van der Waals surface area (Å²) in [4.78, 5) is 10.6. The molecule has 4 heteroatoms. The normalized spacial score (nSPS) is 10.5. The van der Waals surface area contributed by atoms with Crippen LogP contribution in [0.1, 0.15) is 31.2 Å². The third-order valence-electron chi connectivity index (χ3n) is 4.55. The van der Waals surface area contributed by atoms with Gasteiger partial charge in [-0.05, 0) is 48.7 Å². The fourth-order valence-corrected chi connectivity index (χ4v) is 5.60. The monoisotopic (exact) mass is 456 g/mol. The van der Waals surface area contributed by atoms with E-state index in [4.69, 9.17) is 5.11 Å². The molecule has 0 aliphatic rings. The van der Waals surface area contributed by atoms with Gasteiger partial charge in [-0.2, -0.15) is 0 Å². The van der Waals surface area contributed by atoms with Gasteiger partial charge in [0.05, 0.1) is 0 Å². The van der Waals surface area contributed by atoms with Gasteiger partial charge >= 0.3 is 5.97 Å². The van der Waals surface area contributed by atoms with Gasteiger partial charge in [0.15, 0.2) is 0 Å². The highest BCUT2D eigenvalue weighted by Gasteiger charge is 2.16. The van der Waals surface area contributed by atoms with Gasteiger partial charge < -0.3 is 5.11 Å². The zero-order valence-corrected chi connectivity index (χ0v) is 18.4. The predicted octanol–water partition coefficient (Wildman–Crippen LogP) is 5.21. The molecule has 0 amide bonds. The van der Waals surface area contributed by atoms with Crippen molar-refractivity contribution in [2.75, 3.05) is 0 Å². The molecule has 0 bridgehead atoms. The fraction of sp³-hybridized carbons (Fsp3) is 0.208. The zero-order chi connectivity index (χ0) is 18.9. The van der Waals surface area contributed by atoms with Gasteiger partial charge in [-0.3, -0.25) is 4.79 Å². The van der Waals surface area contributed by atoms with E-state index in [0.717, 1.165) is 25.7 Å². The molecule has 0 saturated heterocycles. The summed E-state index contributed by atoms with van der Waals surface area (Å²) in [6.07, 6.45) is 4.03. The number of aliphatic carboxylic acids is 1. The summed E-state index contributed by atoms with van der Waals surface area (Å²) in [5.41, 5.74) is 1.34. The quantitative estimate of drug-likeness (QED) is 0.354. The van der Waals surface area contributed by atoms with Crippen molar-refractivity contribution < 1.29 is 9.90 Å². The first kappa shape index (κ1) is 22.3. The standard InChI is InChI=1S/C24H25O2P.BrH/c25-24(26)18-9-1-4-11-20-12-10-17-23(19-20)27(21-13-5-2-6-14-21)22-15-7-3-8-16-22;/h2-3,5-8,10,12-17,19H,1,4,9,11,18H2,(H,25,26);1H. The van der Waals surface area contributed by atoms with Crippen LogP contribution in [0.4, 0.5) is 0 Å². The predicted molar refractivity (Wildman–Crippen MR) is 125 cm³/mol. The molecular weight excluding hydrogens is 431 g/mol. The Balaban J connectivity index is 0.00000280. The highest BCUT2D eigenvalue weighted by atomic mass is 79.9. The molecule has 0 fully saturated rings. The Kier molecular flexibility index (Phi) is 9.40. The van der Waals surface area contributed by atoms with Crippen LogP contribution in [0.25, 0.3) is 0 Å². The molecule has 0 heterocycles. The zero-order valence-electron chi connectivity index (χ0n) is 15.8. The Morgan fingerprint density at radius 2 is 1.29 bits per heavy atom. The van der Waals surface area contributed by atoms with Crippen LogP contribution in [0.2, 0.25) is 0 Å². The van der Waals surface area contributed by atoms with Gasteiger partial charge in [-0.25, -0.2) is 0 Å². The van der Waals surface area contributed by atoms with Crippen molar-refractivity contribution in [3.63, 3.8) is 0 Å². The smallest absolute Gasteiger partial charge is 0.303 e. The van der Waals surface area contributed by atoms with Crippen molar-refractivity contribution >= 4 is 46.8 Å². The summed E-state index contributed by atoms with van der Waals surface area (Å²) in [5, 5.41) is 12.8. The van der Waals surface area contributed by atoms with Crippen molar-refractivity contribution in [2.24, 2.45) is 0 Å².